The van der Waals surface area contributed by atoms with Crippen molar-refractivity contribution in [3.63, 3.8) is 0 Å². The standard InChI is InChI=1S/C7H13N3O4/c1-3-4-9-6(8-2)5(7(11)12)10(13)14/h8-9H,3-4H2,1-2H3,(H,11,12)/b6-5+. The van der Waals surface area contributed by atoms with Crippen LogP contribution in [-0.2, 0) is 4.79 Å². The molecule has 0 aliphatic heterocycles. The number of nitro groups is 1. The number of carboxylic acid groups (broad SMARTS) is 1. The smallest absolute Gasteiger partial charge is 0.411 e. The Bertz CT molecular complexity index is 246. The average Bonchev–Trinajstić information content (AvgIpc) is 2.10. The molecule has 0 fully saturated rings. The summed E-state index contributed by atoms with van der Waals surface area (Å²) in [4.78, 5) is 20.0. The van der Waals surface area contributed by atoms with E-state index in [1.54, 1.807) is 0 Å². The minimum absolute atomic E-state index is 0.0793. The second-order valence-electron chi connectivity index (χ2n) is 2.46. The second-order valence-corrected chi connectivity index (χ2v) is 2.46. The summed E-state index contributed by atoms with van der Waals surface area (Å²) in [5.41, 5.74) is -0.874. The number of hydrogen-bond acceptors (Lipinski definition) is 5. The van der Waals surface area contributed by atoms with E-state index >= 15 is 0 Å². The molecule has 7 heteroatoms. The average molecular weight is 203 g/mol. The van der Waals surface area contributed by atoms with E-state index in [2.05, 4.69) is 10.6 Å². The first-order valence-corrected chi connectivity index (χ1v) is 4.08. The molecule has 0 rings (SSSR count). The van der Waals surface area contributed by atoms with Crippen LogP contribution in [0.15, 0.2) is 11.5 Å². The van der Waals surface area contributed by atoms with Crippen LogP contribution in [0.25, 0.3) is 0 Å². The van der Waals surface area contributed by atoms with Gasteiger partial charge in [0, 0.05) is 13.6 Å². The Morgan fingerprint density at radius 3 is 2.43 bits per heavy atom. The molecular formula is C7H13N3O4. The van der Waals surface area contributed by atoms with Crippen molar-refractivity contribution < 1.29 is 14.8 Å². The predicted molar refractivity (Wildman–Crippen MR) is 49.0 cm³/mol. The molecule has 0 aromatic heterocycles. The number of rotatable bonds is 6. The molecular weight excluding hydrogens is 190 g/mol. The highest BCUT2D eigenvalue weighted by Gasteiger charge is 2.26. The van der Waals surface area contributed by atoms with Crippen LogP contribution in [-0.4, -0.2) is 29.6 Å². The first kappa shape index (κ1) is 12.2. The zero-order valence-corrected chi connectivity index (χ0v) is 8.03. The molecule has 0 bridgehead atoms. The first-order valence-electron chi connectivity index (χ1n) is 4.08. The quantitative estimate of drug-likeness (QED) is 0.312. The van der Waals surface area contributed by atoms with E-state index in [9.17, 15) is 14.9 Å². The lowest BCUT2D eigenvalue weighted by Crippen LogP contribution is -2.30. The Morgan fingerprint density at radius 1 is 1.57 bits per heavy atom. The maximum atomic E-state index is 10.5. The van der Waals surface area contributed by atoms with Gasteiger partial charge >= 0.3 is 11.7 Å². The highest BCUT2D eigenvalue weighted by atomic mass is 16.6. The molecule has 0 amide bonds. The summed E-state index contributed by atoms with van der Waals surface area (Å²) in [6.07, 6.45) is 0.746. The van der Waals surface area contributed by atoms with E-state index < -0.39 is 16.6 Å². The summed E-state index contributed by atoms with van der Waals surface area (Å²) in [6.45, 7) is 2.34. The topological polar surface area (TPSA) is 104 Å². The summed E-state index contributed by atoms with van der Waals surface area (Å²) in [6, 6.07) is 0. The number of aliphatic carboxylic acids is 1. The van der Waals surface area contributed by atoms with E-state index in [0.29, 0.717) is 6.54 Å². The van der Waals surface area contributed by atoms with Gasteiger partial charge in [-0.25, -0.2) is 4.79 Å². The van der Waals surface area contributed by atoms with Crippen LogP contribution in [0.1, 0.15) is 13.3 Å². The van der Waals surface area contributed by atoms with Crippen LogP contribution in [0.3, 0.4) is 0 Å². The van der Waals surface area contributed by atoms with Crippen LogP contribution in [0.5, 0.6) is 0 Å². The van der Waals surface area contributed by atoms with Gasteiger partial charge in [0.25, 0.3) is 0 Å². The molecule has 3 N–H and O–H groups in total. The maximum absolute atomic E-state index is 10.5. The van der Waals surface area contributed by atoms with Gasteiger partial charge in [0.1, 0.15) is 0 Å². The van der Waals surface area contributed by atoms with Crippen LogP contribution < -0.4 is 10.6 Å². The summed E-state index contributed by atoms with van der Waals surface area (Å²) in [5.74, 6) is -1.65. The molecule has 0 saturated carbocycles. The van der Waals surface area contributed by atoms with Crippen LogP contribution in [0.2, 0.25) is 0 Å². The van der Waals surface area contributed by atoms with Gasteiger partial charge < -0.3 is 15.7 Å². The molecule has 0 aliphatic rings. The summed E-state index contributed by atoms with van der Waals surface area (Å²) in [7, 11) is 1.42. The molecule has 0 unspecified atom stereocenters. The van der Waals surface area contributed by atoms with Crippen LogP contribution >= 0.6 is 0 Å². The van der Waals surface area contributed by atoms with Gasteiger partial charge in [0.15, 0.2) is 5.82 Å². The van der Waals surface area contributed by atoms with E-state index in [1.807, 2.05) is 6.92 Å². The minimum Gasteiger partial charge on any atom is -0.473 e. The minimum atomic E-state index is -1.57. The highest BCUT2D eigenvalue weighted by Crippen LogP contribution is 1.99. The lowest BCUT2D eigenvalue weighted by Gasteiger charge is -2.07. The fourth-order valence-electron chi connectivity index (χ4n) is 0.817. The molecule has 0 spiro atoms. The second kappa shape index (κ2) is 5.79. The number of carbonyl (C=O) groups is 1. The summed E-state index contributed by atoms with van der Waals surface area (Å²) in [5, 5.41) is 24.0. The largest absolute Gasteiger partial charge is 0.473 e. The van der Waals surface area contributed by atoms with Gasteiger partial charge in [-0.1, -0.05) is 6.92 Å². The van der Waals surface area contributed by atoms with E-state index in [-0.39, 0.29) is 5.82 Å². The zero-order valence-electron chi connectivity index (χ0n) is 8.03. The van der Waals surface area contributed by atoms with E-state index in [1.165, 1.54) is 7.05 Å². The molecule has 0 radical (unpaired) electrons. The monoisotopic (exact) mass is 203 g/mol. The molecule has 0 aromatic rings. The maximum Gasteiger partial charge on any atom is 0.411 e. The lowest BCUT2D eigenvalue weighted by atomic mass is 10.4. The Hall–Kier alpha value is -1.79. The normalized spacial score (nSPS) is 11.6. The van der Waals surface area contributed by atoms with Gasteiger partial charge in [-0.05, 0) is 6.42 Å². The summed E-state index contributed by atoms with van der Waals surface area (Å²) >= 11 is 0. The fourth-order valence-corrected chi connectivity index (χ4v) is 0.817. The van der Waals surface area contributed by atoms with E-state index in [4.69, 9.17) is 5.11 Å². The third kappa shape index (κ3) is 3.30. The lowest BCUT2D eigenvalue weighted by molar-refractivity contribution is -0.422. The van der Waals surface area contributed by atoms with Crippen molar-refractivity contribution in [1.82, 2.24) is 10.6 Å². The number of nitrogens with zero attached hydrogens (tertiary/aromatic N) is 1. The number of hydrogen-bond donors (Lipinski definition) is 3. The number of nitrogens with one attached hydrogen (secondary N) is 2. The van der Waals surface area contributed by atoms with Crippen molar-refractivity contribution in [1.29, 1.82) is 0 Å². The van der Waals surface area contributed by atoms with Crippen molar-refractivity contribution in [2.75, 3.05) is 13.6 Å². The van der Waals surface area contributed by atoms with Gasteiger partial charge in [-0.2, -0.15) is 0 Å². The molecule has 0 aromatic carbocycles. The van der Waals surface area contributed by atoms with Gasteiger partial charge in [-0.3, -0.25) is 10.1 Å². The molecule has 80 valence electrons. The molecule has 0 aliphatic carbocycles. The molecule has 0 saturated heterocycles. The Labute approximate surface area is 80.9 Å². The van der Waals surface area contributed by atoms with Gasteiger partial charge in [0.05, 0.1) is 4.92 Å². The van der Waals surface area contributed by atoms with Crippen LogP contribution in [0.4, 0.5) is 0 Å². The number of carboxylic acids is 1. The van der Waals surface area contributed by atoms with Gasteiger partial charge in [0.2, 0.25) is 0 Å². The third-order valence-corrected chi connectivity index (χ3v) is 1.42. The highest BCUT2D eigenvalue weighted by molar-refractivity contribution is 5.84. The van der Waals surface area contributed by atoms with Crippen molar-refractivity contribution in [3.8, 4) is 0 Å². The predicted octanol–water partition coefficient (Wildman–Crippen LogP) is -0.264. The fraction of sp³-hybridized carbons (Fsp3) is 0.571. The van der Waals surface area contributed by atoms with Crippen molar-refractivity contribution in [3.05, 3.63) is 21.6 Å². The SMILES string of the molecule is CCCN/C(NC)=C(\C(=O)O)[N+](=O)[O-]. The molecule has 0 heterocycles. The molecule has 7 nitrogen and oxygen atoms in total. The van der Waals surface area contributed by atoms with E-state index in [0.717, 1.165) is 6.42 Å². The Balaban J connectivity index is 4.89. The Kier molecular flexibility index (Phi) is 5.05. The Morgan fingerprint density at radius 2 is 2.14 bits per heavy atom. The first-order chi connectivity index (χ1) is 6.54. The van der Waals surface area contributed by atoms with Crippen LogP contribution in [0, 0.1) is 10.1 Å². The summed E-state index contributed by atoms with van der Waals surface area (Å²) < 4.78 is 0. The third-order valence-electron chi connectivity index (χ3n) is 1.42. The molecule has 14 heavy (non-hydrogen) atoms. The van der Waals surface area contributed by atoms with Crippen molar-refractivity contribution in [2.45, 2.75) is 13.3 Å². The molecule has 0 atom stereocenters. The van der Waals surface area contributed by atoms with Crippen molar-refractivity contribution in [2.24, 2.45) is 0 Å². The van der Waals surface area contributed by atoms with Gasteiger partial charge in [-0.15, -0.1) is 0 Å². The zero-order chi connectivity index (χ0) is 11.1. The van der Waals surface area contributed by atoms with Crippen molar-refractivity contribution >= 4 is 5.97 Å².